The molecule has 0 saturated heterocycles. The highest BCUT2D eigenvalue weighted by Gasteiger charge is 2.45. The van der Waals surface area contributed by atoms with Gasteiger partial charge >= 0.3 is 0 Å². The Morgan fingerprint density at radius 3 is 2.43 bits per heavy atom. The monoisotopic (exact) mass is 198 g/mol. The van der Waals surface area contributed by atoms with E-state index in [1.54, 1.807) is 6.92 Å². The van der Waals surface area contributed by atoms with Gasteiger partial charge in [-0.2, -0.15) is 0 Å². The molecule has 2 atom stereocenters. The number of carbonyl (C=O) groups is 1. The Balaban J connectivity index is 2.58. The highest BCUT2D eigenvalue weighted by atomic mass is 16.5. The molecule has 0 radical (unpaired) electrons. The maximum absolute atomic E-state index is 11.5. The normalized spacial score (nSPS) is 37.4. The Bertz CT molecular complexity index is 224. The van der Waals surface area contributed by atoms with Gasteiger partial charge in [-0.3, -0.25) is 4.79 Å². The molecule has 0 aromatic carbocycles. The number of rotatable bonds is 4. The fourth-order valence-corrected chi connectivity index (χ4v) is 2.31. The molecule has 1 fully saturated rings. The van der Waals surface area contributed by atoms with Crippen LogP contribution in [0.3, 0.4) is 0 Å². The third kappa shape index (κ3) is 2.35. The number of hydrogen-bond acceptors (Lipinski definition) is 2. The lowest BCUT2D eigenvalue weighted by atomic mass is 9.83. The molecule has 82 valence electrons. The van der Waals surface area contributed by atoms with Crippen LogP contribution in [0, 0.1) is 5.41 Å². The predicted molar refractivity (Wildman–Crippen MR) is 57.3 cm³/mol. The molecule has 0 aliphatic heterocycles. The van der Waals surface area contributed by atoms with Crippen molar-refractivity contribution in [1.29, 1.82) is 0 Å². The molecule has 0 N–H and O–H groups in total. The fraction of sp³-hybridized carbons (Fsp3) is 0.917. The van der Waals surface area contributed by atoms with Gasteiger partial charge in [0.05, 0.1) is 5.60 Å². The van der Waals surface area contributed by atoms with Gasteiger partial charge in [-0.05, 0) is 39.5 Å². The van der Waals surface area contributed by atoms with Crippen molar-refractivity contribution in [1.82, 2.24) is 0 Å². The summed E-state index contributed by atoms with van der Waals surface area (Å²) in [7, 11) is 0. The van der Waals surface area contributed by atoms with Gasteiger partial charge in [0.15, 0.2) is 0 Å². The van der Waals surface area contributed by atoms with Gasteiger partial charge in [0, 0.05) is 12.0 Å². The van der Waals surface area contributed by atoms with E-state index in [0.717, 1.165) is 32.3 Å². The van der Waals surface area contributed by atoms with Gasteiger partial charge < -0.3 is 4.74 Å². The van der Waals surface area contributed by atoms with Crippen molar-refractivity contribution < 1.29 is 9.53 Å². The average Bonchev–Trinajstić information content (AvgIpc) is 2.42. The predicted octanol–water partition coefficient (Wildman–Crippen LogP) is 2.95. The van der Waals surface area contributed by atoms with Gasteiger partial charge in [-0.1, -0.05) is 13.8 Å². The van der Waals surface area contributed by atoms with Crippen molar-refractivity contribution in [3.05, 3.63) is 0 Å². The summed E-state index contributed by atoms with van der Waals surface area (Å²) in [6, 6.07) is 0. The van der Waals surface area contributed by atoms with Crippen molar-refractivity contribution in [2.75, 3.05) is 6.61 Å². The molecule has 1 rings (SSSR count). The summed E-state index contributed by atoms with van der Waals surface area (Å²) in [5.41, 5.74) is -0.196. The molecule has 1 saturated carbocycles. The van der Waals surface area contributed by atoms with E-state index < -0.39 is 0 Å². The second-order valence-electron chi connectivity index (χ2n) is 5.09. The highest BCUT2D eigenvalue weighted by Crippen LogP contribution is 2.46. The minimum absolute atomic E-state index is 0.0591. The zero-order chi connectivity index (χ0) is 10.8. The first-order valence-electron chi connectivity index (χ1n) is 5.57. The van der Waals surface area contributed by atoms with E-state index in [2.05, 4.69) is 20.8 Å². The van der Waals surface area contributed by atoms with E-state index >= 15 is 0 Å². The molecule has 2 heteroatoms. The Labute approximate surface area is 87.0 Å². The summed E-state index contributed by atoms with van der Waals surface area (Å²) in [4.78, 5) is 11.5. The highest BCUT2D eigenvalue weighted by molar-refractivity contribution is 5.82. The molecule has 0 bridgehead atoms. The number of hydrogen-bond donors (Lipinski definition) is 0. The first kappa shape index (κ1) is 11.7. The largest absolute Gasteiger partial charge is 0.375 e. The van der Waals surface area contributed by atoms with Crippen LogP contribution in [0.15, 0.2) is 0 Å². The van der Waals surface area contributed by atoms with Gasteiger partial charge in [0.25, 0.3) is 0 Å². The van der Waals surface area contributed by atoms with Crippen molar-refractivity contribution in [3.63, 3.8) is 0 Å². The van der Waals surface area contributed by atoms with Crippen LogP contribution in [0.25, 0.3) is 0 Å². The lowest BCUT2D eigenvalue weighted by Crippen LogP contribution is -2.30. The fourth-order valence-electron chi connectivity index (χ4n) is 2.31. The van der Waals surface area contributed by atoms with Crippen LogP contribution in [0.4, 0.5) is 0 Å². The van der Waals surface area contributed by atoms with Crippen molar-refractivity contribution in [3.8, 4) is 0 Å². The molecule has 2 nitrogen and oxygen atoms in total. The topological polar surface area (TPSA) is 26.3 Å². The van der Waals surface area contributed by atoms with E-state index in [4.69, 9.17) is 4.74 Å². The van der Waals surface area contributed by atoms with E-state index in [1.165, 1.54) is 0 Å². The lowest BCUT2D eigenvalue weighted by molar-refractivity contribution is -0.127. The number of ether oxygens (including phenoxy) is 1. The van der Waals surface area contributed by atoms with Gasteiger partial charge in [-0.25, -0.2) is 0 Å². The SMILES string of the molecule is CCCOC1(C)CCC(C)(C(C)=O)C1. The van der Waals surface area contributed by atoms with Crippen LogP contribution in [0.5, 0.6) is 0 Å². The summed E-state index contributed by atoms with van der Waals surface area (Å²) in [5, 5.41) is 0. The molecular formula is C12H22O2. The Hall–Kier alpha value is -0.370. The summed E-state index contributed by atoms with van der Waals surface area (Å²) in [6.45, 7) is 8.82. The second kappa shape index (κ2) is 4.01. The van der Waals surface area contributed by atoms with E-state index in [1.807, 2.05) is 0 Å². The molecule has 0 amide bonds. The van der Waals surface area contributed by atoms with Crippen LogP contribution in [-0.4, -0.2) is 18.0 Å². The smallest absolute Gasteiger partial charge is 0.135 e. The van der Waals surface area contributed by atoms with Gasteiger partial charge in [0.1, 0.15) is 5.78 Å². The zero-order valence-corrected chi connectivity index (χ0v) is 9.85. The third-order valence-corrected chi connectivity index (χ3v) is 3.47. The quantitative estimate of drug-likeness (QED) is 0.694. The Morgan fingerprint density at radius 2 is 2.00 bits per heavy atom. The molecule has 1 aliphatic carbocycles. The van der Waals surface area contributed by atoms with E-state index in [0.29, 0.717) is 5.78 Å². The van der Waals surface area contributed by atoms with Gasteiger partial charge in [-0.15, -0.1) is 0 Å². The van der Waals surface area contributed by atoms with Crippen molar-refractivity contribution in [2.24, 2.45) is 5.41 Å². The maximum Gasteiger partial charge on any atom is 0.135 e. The summed E-state index contributed by atoms with van der Waals surface area (Å²) in [6.07, 6.45) is 3.92. The minimum atomic E-state index is -0.136. The molecule has 0 aromatic rings. The molecule has 0 heterocycles. The van der Waals surface area contributed by atoms with E-state index in [-0.39, 0.29) is 11.0 Å². The van der Waals surface area contributed by atoms with Crippen LogP contribution in [0.1, 0.15) is 53.4 Å². The summed E-state index contributed by atoms with van der Waals surface area (Å²) < 4.78 is 5.83. The van der Waals surface area contributed by atoms with Crippen LogP contribution in [0.2, 0.25) is 0 Å². The molecule has 0 aromatic heterocycles. The second-order valence-corrected chi connectivity index (χ2v) is 5.09. The maximum atomic E-state index is 11.5. The number of carbonyl (C=O) groups excluding carboxylic acids is 1. The minimum Gasteiger partial charge on any atom is -0.375 e. The van der Waals surface area contributed by atoms with E-state index in [9.17, 15) is 4.79 Å². The first-order valence-corrected chi connectivity index (χ1v) is 5.57. The Kier molecular flexibility index (Phi) is 3.36. The van der Waals surface area contributed by atoms with Crippen LogP contribution in [-0.2, 0) is 9.53 Å². The van der Waals surface area contributed by atoms with Crippen molar-refractivity contribution >= 4 is 5.78 Å². The third-order valence-electron chi connectivity index (χ3n) is 3.47. The molecular weight excluding hydrogens is 176 g/mol. The molecule has 2 unspecified atom stereocenters. The molecule has 0 spiro atoms. The van der Waals surface area contributed by atoms with Gasteiger partial charge in [0.2, 0.25) is 0 Å². The van der Waals surface area contributed by atoms with Crippen LogP contribution >= 0.6 is 0 Å². The number of ketones is 1. The standard InChI is InChI=1S/C12H22O2/c1-5-8-14-12(4)7-6-11(3,9-12)10(2)13/h5-9H2,1-4H3. The average molecular weight is 198 g/mol. The lowest BCUT2D eigenvalue weighted by Gasteiger charge is -2.27. The zero-order valence-electron chi connectivity index (χ0n) is 9.85. The molecule has 1 aliphatic rings. The number of Topliss-reactive ketones (excluding diaryl/α,β-unsaturated/α-hetero) is 1. The Morgan fingerprint density at radius 1 is 1.36 bits per heavy atom. The summed E-state index contributed by atoms with van der Waals surface area (Å²) in [5.74, 6) is 0.307. The first-order chi connectivity index (χ1) is 6.42. The van der Waals surface area contributed by atoms with Crippen molar-refractivity contribution in [2.45, 2.75) is 59.0 Å². The van der Waals surface area contributed by atoms with Crippen LogP contribution < -0.4 is 0 Å². The molecule has 14 heavy (non-hydrogen) atoms. The summed E-state index contributed by atoms with van der Waals surface area (Å²) >= 11 is 0.